The Labute approximate surface area is 73.2 Å². The van der Waals surface area contributed by atoms with E-state index in [4.69, 9.17) is 11.6 Å². The van der Waals surface area contributed by atoms with Crippen molar-refractivity contribution in [3.63, 3.8) is 0 Å². The second-order valence-corrected chi connectivity index (χ2v) is 2.30. The van der Waals surface area contributed by atoms with E-state index in [2.05, 4.69) is 17.9 Å². The van der Waals surface area contributed by atoms with Gasteiger partial charge in [0.2, 0.25) is 0 Å². The third-order valence-corrected chi connectivity index (χ3v) is 1.41. The third kappa shape index (κ3) is 4.82. The van der Waals surface area contributed by atoms with E-state index in [-0.39, 0.29) is 0 Å². The molecule has 0 radical (unpaired) electrons. The zero-order chi connectivity index (χ0) is 8.53. The fourth-order valence-electron chi connectivity index (χ4n) is 0.754. The van der Waals surface area contributed by atoms with Crippen LogP contribution in [0.15, 0.2) is 30.3 Å². The Morgan fingerprint density at radius 3 is 2.18 bits per heavy atom. The molecule has 0 aliphatic rings. The highest BCUT2D eigenvalue weighted by molar-refractivity contribution is 6.17. The molecule has 0 aliphatic carbocycles. The standard InChI is InChI=1S/C8H9Cl.CH5N/c9-7-6-8-4-2-1-3-5-8;1-2/h1-5H,6-7H2;2H2,1H3. The number of aryl methyl sites for hydroxylation is 1. The van der Waals surface area contributed by atoms with Crippen LogP contribution in [0.25, 0.3) is 0 Å². The van der Waals surface area contributed by atoms with Crippen molar-refractivity contribution in [2.45, 2.75) is 6.42 Å². The lowest BCUT2D eigenvalue weighted by molar-refractivity contribution is 1.15. The number of rotatable bonds is 2. The van der Waals surface area contributed by atoms with Crippen molar-refractivity contribution in [2.75, 3.05) is 12.9 Å². The smallest absolute Gasteiger partial charge is 0.0263 e. The topological polar surface area (TPSA) is 26.0 Å². The van der Waals surface area contributed by atoms with Crippen LogP contribution in [-0.2, 0) is 6.42 Å². The summed E-state index contributed by atoms with van der Waals surface area (Å²) in [6, 6.07) is 10.2. The summed E-state index contributed by atoms with van der Waals surface area (Å²) in [7, 11) is 1.50. The predicted molar refractivity (Wildman–Crippen MR) is 51.0 cm³/mol. The van der Waals surface area contributed by atoms with Gasteiger partial charge in [-0.1, -0.05) is 30.3 Å². The van der Waals surface area contributed by atoms with E-state index in [0.717, 1.165) is 6.42 Å². The molecule has 0 unspecified atom stereocenters. The summed E-state index contributed by atoms with van der Waals surface area (Å²) in [4.78, 5) is 0. The van der Waals surface area contributed by atoms with E-state index in [9.17, 15) is 0 Å². The Hall–Kier alpha value is -0.530. The molecule has 0 saturated heterocycles. The Morgan fingerprint density at radius 2 is 1.73 bits per heavy atom. The number of hydrogen-bond acceptors (Lipinski definition) is 1. The Bertz CT molecular complexity index is 162. The van der Waals surface area contributed by atoms with Crippen LogP contribution in [0.3, 0.4) is 0 Å². The van der Waals surface area contributed by atoms with Crippen molar-refractivity contribution in [3.8, 4) is 0 Å². The second kappa shape index (κ2) is 7.58. The lowest BCUT2D eigenvalue weighted by Gasteiger charge is -1.92. The maximum absolute atomic E-state index is 5.54. The molecule has 0 saturated carbocycles. The monoisotopic (exact) mass is 171 g/mol. The first kappa shape index (κ1) is 10.5. The van der Waals surface area contributed by atoms with Crippen molar-refractivity contribution < 1.29 is 0 Å². The maximum atomic E-state index is 5.54. The molecule has 0 atom stereocenters. The molecule has 0 bridgehead atoms. The molecule has 0 aromatic heterocycles. The molecule has 0 spiro atoms. The molecule has 0 aliphatic heterocycles. The van der Waals surface area contributed by atoms with Gasteiger partial charge in [0.05, 0.1) is 0 Å². The molecule has 0 amide bonds. The van der Waals surface area contributed by atoms with Gasteiger partial charge in [0, 0.05) is 5.88 Å². The van der Waals surface area contributed by atoms with Crippen LogP contribution in [0.2, 0.25) is 0 Å². The molecule has 0 fully saturated rings. The van der Waals surface area contributed by atoms with Gasteiger partial charge in [0.15, 0.2) is 0 Å². The van der Waals surface area contributed by atoms with E-state index in [1.807, 2.05) is 18.2 Å². The minimum absolute atomic E-state index is 0.712. The highest BCUT2D eigenvalue weighted by Crippen LogP contribution is 1.99. The van der Waals surface area contributed by atoms with E-state index in [1.54, 1.807) is 0 Å². The first-order chi connectivity index (χ1) is 5.43. The summed E-state index contributed by atoms with van der Waals surface area (Å²) >= 11 is 5.54. The van der Waals surface area contributed by atoms with Crippen molar-refractivity contribution in [3.05, 3.63) is 35.9 Å². The Kier molecular flexibility index (Phi) is 7.21. The molecule has 2 heteroatoms. The fourth-order valence-corrected chi connectivity index (χ4v) is 0.972. The van der Waals surface area contributed by atoms with Crippen molar-refractivity contribution in [1.82, 2.24) is 0 Å². The first-order valence-electron chi connectivity index (χ1n) is 3.61. The summed E-state index contributed by atoms with van der Waals surface area (Å²) < 4.78 is 0. The second-order valence-electron chi connectivity index (χ2n) is 1.92. The van der Waals surface area contributed by atoms with Gasteiger partial charge >= 0.3 is 0 Å². The van der Waals surface area contributed by atoms with E-state index in [0.29, 0.717) is 5.88 Å². The van der Waals surface area contributed by atoms with Gasteiger partial charge < -0.3 is 5.73 Å². The molecular formula is C9H14ClN. The van der Waals surface area contributed by atoms with Gasteiger partial charge in [0.1, 0.15) is 0 Å². The summed E-state index contributed by atoms with van der Waals surface area (Å²) in [5.74, 6) is 0.712. The van der Waals surface area contributed by atoms with Gasteiger partial charge in [0.25, 0.3) is 0 Å². The maximum Gasteiger partial charge on any atom is 0.0263 e. The molecule has 62 valence electrons. The lowest BCUT2D eigenvalue weighted by Crippen LogP contribution is -1.82. The number of benzene rings is 1. The summed E-state index contributed by atoms with van der Waals surface area (Å²) in [6.45, 7) is 0. The third-order valence-electron chi connectivity index (χ3n) is 1.23. The highest BCUT2D eigenvalue weighted by Gasteiger charge is 1.85. The van der Waals surface area contributed by atoms with Gasteiger partial charge in [-0.3, -0.25) is 0 Å². The van der Waals surface area contributed by atoms with Gasteiger partial charge in [-0.05, 0) is 19.0 Å². The van der Waals surface area contributed by atoms with Crippen molar-refractivity contribution in [1.29, 1.82) is 0 Å². The quantitative estimate of drug-likeness (QED) is 0.678. The molecule has 1 rings (SSSR count). The molecule has 0 heterocycles. The average molecular weight is 172 g/mol. The molecule has 1 nitrogen and oxygen atoms in total. The number of hydrogen-bond donors (Lipinski definition) is 1. The number of halogens is 1. The van der Waals surface area contributed by atoms with Crippen molar-refractivity contribution in [2.24, 2.45) is 5.73 Å². The van der Waals surface area contributed by atoms with Gasteiger partial charge in [-0.25, -0.2) is 0 Å². The highest BCUT2D eigenvalue weighted by atomic mass is 35.5. The molecule has 1 aromatic carbocycles. The predicted octanol–water partition coefficient (Wildman–Crippen LogP) is 2.04. The van der Waals surface area contributed by atoms with Crippen LogP contribution in [-0.4, -0.2) is 12.9 Å². The van der Waals surface area contributed by atoms with Gasteiger partial charge in [-0.2, -0.15) is 0 Å². The van der Waals surface area contributed by atoms with Crippen LogP contribution in [0.5, 0.6) is 0 Å². The minimum Gasteiger partial charge on any atom is -0.333 e. The normalized spacial score (nSPS) is 8.27. The Morgan fingerprint density at radius 1 is 1.18 bits per heavy atom. The van der Waals surface area contributed by atoms with Crippen LogP contribution < -0.4 is 5.73 Å². The number of nitrogens with two attached hydrogens (primary N) is 1. The Balaban J connectivity index is 0.000000461. The SMILES string of the molecule is CN.ClCCc1ccccc1. The average Bonchev–Trinajstić information content (AvgIpc) is 2.11. The van der Waals surface area contributed by atoms with E-state index < -0.39 is 0 Å². The molecule has 1 aromatic rings. The van der Waals surface area contributed by atoms with Gasteiger partial charge in [-0.15, -0.1) is 11.6 Å². The van der Waals surface area contributed by atoms with E-state index >= 15 is 0 Å². The molecular weight excluding hydrogens is 158 g/mol. The first-order valence-corrected chi connectivity index (χ1v) is 4.14. The van der Waals surface area contributed by atoms with Crippen LogP contribution in [0.4, 0.5) is 0 Å². The van der Waals surface area contributed by atoms with Crippen LogP contribution in [0.1, 0.15) is 5.56 Å². The van der Waals surface area contributed by atoms with Crippen LogP contribution >= 0.6 is 11.6 Å². The number of alkyl halides is 1. The molecule has 2 N–H and O–H groups in total. The fraction of sp³-hybridized carbons (Fsp3) is 0.333. The van der Waals surface area contributed by atoms with Crippen molar-refractivity contribution >= 4 is 11.6 Å². The zero-order valence-electron chi connectivity index (χ0n) is 6.76. The lowest BCUT2D eigenvalue weighted by atomic mass is 10.2. The summed E-state index contributed by atoms with van der Waals surface area (Å²) in [6.07, 6.45) is 0.975. The van der Waals surface area contributed by atoms with E-state index in [1.165, 1.54) is 12.6 Å². The molecule has 11 heavy (non-hydrogen) atoms. The summed E-state index contributed by atoms with van der Waals surface area (Å²) in [5, 5.41) is 0. The minimum atomic E-state index is 0.712. The zero-order valence-corrected chi connectivity index (χ0v) is 7.51. The summed E-state index contributed by atoms with van der Waals surface area (Å²) in [5.41, 5.74) is 5.81. The largest absolute Gasteiger partial charge is 0.333 e. The van der Waals surface area contributed by atoms with Crippen LogP contribution in [0, 0.1) is 0 Å².